The molecule has 0 aliphatic carbocycles. The van der Waals surface area contributed by atoms with Crippen LogP contribution in [0.2, 0.25) is 0 Å². The smallest absolute Gasteiger partial charge is 0.165 e. The lowest BCUT2D eigenvalue weighted by molar-refractivity contribution is 0.302. The second-order valence-electron chi connectivity index (χ2n) is 3.12. The van der Waals surface area contributed by atoms with Crippen molar-refractivity contribution in [3.05, 3.63) is 35.8 Å². The summed E-state index contributed by atoms with van der Waals surface area (Å²) >= 11 is 5.49. The molecule has 0 radical (unpaired) electrons. The highest BCUT2D eigenvalue weighted by Gasteiger charge is 2.03. The van der Waals surface area contributed by atoms with Gasteiger partial charge in [0.25, 0.3) is 0 Å². The molecule has 0 bridgehead atoms. The second-order valence-corrected chi connectivity index (χ2v) is 3.50. The van der Waals surface area contributed by atoms with Crippen LogP contribution in [0.25, 0.3) is 6.08 Å². The molecule has 1 aromatic carbocycles. The molecule has 0 aromatic heterocycles. The maximum Gasteiger partial charge on any atom is 0.165 e. The van der Waals surface area contributed by atoms with Crippen LogP contribution in [-0.4, -0.2) is 19.6 Å². The summed E-state index contributed by atoms with van der Waals surface area (Å²) in [5, 5.41) is 0. The van der Waals surface area contributed by atoms with Gasteiger partial charge in [-0.1, -0.05) is 6.07 Å². The van der Waals surface area contributed by atoms with E-state index in [4.69, 9.17) is 21.1 Å². The Balaban J connectivity index is 2.64. The predicted octanol–water partition coefficient (Wildman–Crippen LogP) is 3.45. The van der Waals surface area contributed by atoms with Crippen molar-refractivity contribution in [1.29, 1.82) is 0 Å². The maximum absolute atomic E-state index is 13.5. The van der Waals surface area contributed by atoms with Gasteiger partial charge in [-0.2, -0.15) is 0 Å². The minimum Gasteiger partial charge on any atom is -0.504 e. The normalized spacial score (nSPS) is 10.7. The van der Waals surface area contributed by atoms with E-state index in [0.29, 0.717) is 18.9 Å². The lowest BCUT2D eigenvalue weighted by Gasteiger charge is -2.06. The van der Waals surface area contributed by atoms with Gasteiger partial charge in [0.2, 0.25) is 0 Å². The molecule has 0 atom stereocenters. The predicted molar refractivity (Wildman–Crippen MR) is 63.3 cm³/mol. The lowest BCUT2D eigenvalue weighted by atomic mass is 10.2. The quantitative estimate of drug-likeness (QED) is 0.434. The topological polar surface area (TPSA) is 18.5 Å². The molecule has 2 nitrogen and oxygen atoms in total. The first-order valence-corrected chi connectivity index (χ1v) is 5.49. The van der Waals surface area contributed by atoms with Gasteiger partial charge in [0.05, 0.1) is 20.0 Å². The number of benzene rings is 1. The van der Waals surface area contributed by atoms with E-state index in [2.05, 4.69) is 0 Å². The van der Waals surface area contributed by atoms with Crippen LogP contribution in [0.4, 0.5) is 4.39 Å². The van der Waals surface area contributed by atoms with E-state index in [1.54, 1.807) is 18.2 Å². The fourth-order valence-corrected chi connectivity index (χ4v) is 1.23. The van der Waals surface area contributed by atoms with E-state index in [-0.39, 0.29) is 11.6 Å². The number of alkyl halides is 1. The Morgan fingerprint density at radius 3 is 2.88 bits per heavy atom. The lowest BCUT2D eigenvalue weighted by Crippen LogP contribution is -1.99. The number of hydrogen-bond acceptors (Lipinski definition) is 2. The number of methoxy groups -OCH3 is 1. The molecule has 0 aliphatic rings. The van der Waals surface area contributed by atoms with Gasteiger partial charge in [0.1, 0.15) is 0 Å². The number of rotatable bonds is 6. The Kier molecular flexibility index (Phi) is 5.72. The third kappa shape index (κ3) is 4.11. The van der Waals surface area contributed by atoms with Gasteiger partial charge >= 0.3 is 0 Å². The average Bonchev–Trinajstić information content (AvgIpc) is 2.29. The summed E-state index contributed by atoms with van der Waals surface area (Å²) in [5.74, 6) is 0.378. The van der Waals surface area contributed by atoms with Crippen molar-refractivity contribution < 1.29 is 13.9 Å². The molecule has 0 spiro atoms. The first-order chi connectivity index (χ1) is 7.77. The monoisotopic (exact) mass is 244 g/mol. The van der Waals surface area contributed by atoms with E-state index in [1.165, 1.54) is 19.4 Å². The Labute approximate surface area is 99.6 Å². The summed E-state index contributed by atoms with van der Waals surface area (Å²) < 4.78 is 23.4. The Hall–Kier alpha value is -1.22. The highest BCUT2D eigenvalue weighted by molar-refractivity contribution is 6.17. The Morgan fingerprint density at radius 1 is 1.44 bits per heavy atom. The van der Waals surface area contributed by atoms with Crippen LogP contribution in [0, 0.1) is 5.82 Å². The highest BCUT2D eigenvalue weighted by atomic mass is 35.5. The molecule has 1 rings (SSSR count). The summed E-state index contributed by atoms with van der Waals surface area (Å²) in [6.45, 7) is 0.424. The van der Waals surface area contributed by atoms with Gasteiger partial charge in [0, 0.05) is 5.88 Å². The summed E-state index contributed by atoms with van der Waals surface area (Å²) in [5.41, 5.74) is 0.726. The van der Waals surface area contributed by atoms with Crippen LogP contribution >= 0.6 is 11.6 Å². The van der Waals surface area contributed by atoms with Crippen LogP contribution in [0.5, 0.6) is 5.75 Å². The summed E-state index contributed by atoms with van der Waals surface area (Å²) in [6.07, 6.45) is 3.86. The number of hydrogen-bond donors (Lipinski definition) is 0. The minimum absolute atomic E-state index is 0.250. The largest absolute Gasteiger partial charge is 0.504 e. The summed E-state index contributed by atoms with van der Waals surface area (Å²) in [4.78, 5) is 0. The molecule has 1 aromatic rings. The molecule has 0 saturated carbocycles. The van der Waals surface area contributed by atoms with E-state index in [0.717, 1.165) is 5.56 Å². The zero-order chi connectivity index (χ0) is 11.8. The van der Waals surface area contributed by atoms with E-state index in [1.807, 2.05) is 0 Å². The first kappa shape index (κ1) is 12.8. The Morgan fingerprint density at radius 2 is 2.25 bits per heavy atom. The van der Waals surface area contributed by atoms with E-state index in [9.17, 15) is 4.39 Å². The van der Waals surface area contributed by atoms with Gasteiger partial charge in [-0.15, -0.1) is 11.6 Å². The van der Waals surface area contributed by atoms with Crippen molar-refractivity contribution in [2.75, 3.05) is 19.6 Å². The van der Waals surface area contributed by atoms with Crippen molar-refractivity contribution in [1.82, 2.24) is 0 Å². The zero-order valence-corrected chi connectivity index (χ0v) is 9.84. The molecule has 0 N–H and O–H groups in total. The molecule has 0 aliphatic heterocycles. The van der Waals surface area contributed by atoms with Crippen molar-refractivity contribution >= 4 is 17.7 Å². The van der Waals surface area contributed by atoms with Crippen LogP contribution in [0.15, 0.2) is 24.5 Å². The van der Waals surface area contributed by atoms with Crippen molar-refractivity contribution in [3.63, 3.8) is 0 Å². The molecular weight excluding hydrogens is 231 g/mol. The highest BCUT2D eigenvalue weighted by Crippen LogP contribution is 2.19. The molecule has 4 heteroatoms. The standard InChI is InChI=1S/C12H14ClFO2/c1-15-8-5-10-3-4-12(11(14)9-10)16-7-2-6-13/h3-5,8-9H,2,6-7H2,1H3. The Bertz CT molecular complexity index is 353. The molecular formula is C12H14ClFO2. The number of ether oxygens (including phenoxy) is 2. The molecule has 0 amide bonds. The summed E-state index contributed by atoms with van der Waals surface area (Å²) in [6, 6.07) is 4.75. The molecule has 16 heavy (non-hydrogen) atoms. The first-order valence-electron chi connectivity index (χ1n) is 4.95. The van der Waals surface area contributed by atoms with Gasteiger partial charge in [-0.05, 0) is 30.2 Å². The van der Waals surface area contributed by atoms with Crippen molar-refractivity contribution in [2.24, 2.45) is 0 Å². The van der Waals surface area contributed by atoms with Gasteiger partial charge in [-0.3, -0.25) is 0 Å². The van der Waals surface area contributed by atoms with E-state index < -0.39 is 0 Å². The zero-order valence-electron chi connectivity index (χ0n) is 9.08. The average molecular weight is 245 g/mol. The second kappa shape index (κ2) is 7.12. The van der Waals surface area contributed by atoms with Crippen LogP contribution in [0.1, 0.15) is 12.0 Å². The maximum atomic E-state index is 13.5. The van der Waals surface area contributed by atoms with Gasteiger partial charge in [0.15, 0.2) is 11.6 Å². The fourth-order valence-electron chi connectivity index (χ4n) is 1.12. The third-order valence-corrected chi connectivity index (χ3v) is 2.16. The van der Waals surface area contributed by atoms with Gasteiger partial charge in [-0.25, -0.2) is 4.39 Å². The van der Waals surface area contributed by atoms with Crippen LogP contribution in [0.3, 0.4) is 0 Å². The summed E-state index contributed by atoms with van der Waals surface area (Å²) in [7, 11) is 1.54. The molecule has 0 unspecified atom stereocenters. The third-order valence-electron chi connectivity index (χ3n) is 1.89. The van der Waals surface area contributed by atoms with Crippen molar-refractivity contribution in [2.45, 2.75) is 6.42 Å². The molecule has 88 valence electrons. The van der Waals surface area contributed by atoms with Crippen LogP contribution < -0.4 is 4.74 Å². The van der Waals surface area contributed by atoms with E-state index >= 15 is 0 Å². The molecule has 0 heterocycles. The molecule has 0 saturated heterocycles. The van der Waals surface area contributed by atoms with Gasteiger partial charge < -0.3 is 9.47 Å². The number of halogens is 2. The molecule has 0 fully saturated rings. The van der Waals surface area contributed by atoms with Crippen LogP contribution in [-0.2, 0) is 4.74 Å². The SMILES string of the molecule is COC=Cc1ccc(OCCCCl)c(F)c1. The minimum atomic E-state index is -0.382. The van der Waals surface area contributed by atoms with Crippen molar-refractivity contribution in [3.8, 4) is 5.75 Å². The fraction of sp³-hybridized carbons (Fsp3) is 0.333.